The lowest BCUT2D eigenvalue weighted by molar-refractivity contribution is 0.0682. The van der Waals surface area contributed by atoms with Crippen molar-refractivity contribution < 1.29 is 14.4 Å². The molecule has 0 spiro atoms. The van der Waals surface area contributed by atoms with Gasteiger partial charge in [0.05, 0.1) is 11.1 Å². The first kappa shape index (κ1) is 18.8. The fourth-order valence-corrected chi connectivity index (χ4v) is 3.23. The van der Waals surface area contributed by atoms with Crippen LogP contribution in [0, 0.1) is 5.92 Å². The Hall–Kier alpha value is -3.02. The zero-order valence-corrected chi connectivity index (χ0v) is 15.6. The predicted molar refractivity (Wildman–Crippen MR) is 103 cm³/mol. The Bertz CT molecular complexity index is 861. The van der Waals surface area contributed by atoms with Gasteiger partial charge in [-0.15, -0.1) is 0 Å². The number of ketones is 1. The molecule has 0 saturated carbocycles. The average Bonchev–Trinajstić information content (AvgIpc) is 2.68. The van der Waals surface area contributed by atoms with Gasteiger partial charge in [-0.2, -0.15) is 0 Å². The summed E-state index contributed by atoms with van der Waals surface area (Å²) >= 11 is 0. The molecule has 6 nitrogen and oxygen atoms in total. The maximum Gasteiger partial charge on any atom is 0.257 e. The van der Waals surface area contributed by atoms with Gasteiger partial charge >= 0.3 is 0 Å². The van der Waals surface area contributed by atoms with Crippen LogP contribution in [-0.4, -0.2) is 40.6 Å². The first-order valence-electron chi connectivity index (χ1n) is 9.10. The minimum Gasteiger partial charge on any atom is -0.338 e. The number of carbonyl (C=O) groups is 3. The fraction of sp³-hybridized carbons (Fsp3) is 0.333. The second-order valence-electron chi connectivity index (χ2n) is 7.05. The van der Waals surface area contributed by atoms with E-state index < -0.39 is 0 Å². The van der Waals surface area contributed by atoms with Crippen LogP contribution in [0.2, 0.25) is 0 Å². The van der Waals surface area contributed by atoms with E-state index in [0.717, 1.165) is 25.9 Å². The normalized spacial score (nSPS) is 16.7. The number of aromatic nitrogens is 1. The number of nitrogens with one attached hydrogen (secondary N) is 1. The van der Waals surface area contributed by atoms with E-state index in [2.05, 4.69) is 17.2 Å². The highest BCUT2D eigenvalue weighted by molar-refractivity contribution is 6.06. The Morgan fingerprint density at radius 1 is 1.07 bits per heavy atom. The van der Waals surface area contributed by atoms with Gasteiger partial charge < -0.3 is 10.2 Å². The van der Waals surface area contributed by atoms with Gasteiger partial charge in [-0.05, 0) is 56.0 Å². The second-order valence-corrected chi connectivity index (χ2v) is 7.05. The molecule has 1 unspecified atom stereocenters. The van der Waals surface area contributed by atoms with Crippen LogP contribution in [-0.2, 0) is 0 Å². The molecule has 3 rings (SSSR count). The van der Waals surface area contributed by atoms with E-state index in [9.17, 15) is 14.4 Å². The number of benzene rings is 1. The minimum absolute atomic E-state index is 0.0321. The molecule has 1 fully saturated rings. The van der Waals surface area contributed by atoms with Crippen LogP contribution in [0.25, 0.3) is 0 Å². The van der Waals surface area contributed by atoms with Gasteiger partial charge in [-0.1, -0.05) is 6.92 Å². The topological polar surface area (TPSA) is 79.4 Å². The zero-order chi connectivity index (χ0) is 19.4. The summed E-state index contributed by atoms with van der Waals surface area (Å²) in [5, 5.41) is 2.76. The van der Waals surface area contributed by atoms with E-state index in [4.69, 9.17) is 0 Å². The third-order valence-corrected chi connectivity index (χ3v) is 4.74. The van der Waals surface area contributed by atoms with E-state index in [-0.39, 0.29) is 17.6 Å². The summed E-state index contributed by atoms with van der Waals surface area (Å²) in [6.45, 7) is 5.10. The molecule has 1 saturated heterocycles. The molecule has 1 atom stereocenters. The SMILES string of the molecule is CC(=O)c1ccc(NC(=O)c2cncc(C(=O)N3CCCC(C)C3)c2)cc1. The highest BCUT2D eigenvalue weighted by atomic mass is 16.2. The molecule has 2 heterocycles. The average molecular weight is 365 g/mol. The largest absolute Gasteiger partial charge is 0.338 e. The molecule has 6 heteroatoms. The first-order valence-corrected chi connectivity index (χ1v) is 9.10. The summed E-state index contributed by atoms with van der Waals surface area (Å²) in [6.07, 6.45) is 5.07. The number of anilines is 1. The molecule has 0 bridgehead atoms. The van der Waals surface area contributed by atoms with Crippen LogP contribution < -0.4 is 5.32 Å². The first-order chi connectivity index (χ1) is 12.9. The van der Waals surface area contributed by atoms with Crippen LogP contribution >= 0.6 is 0 Å². The van der Waals surface area contributed by atoms with Gasteiger partial charge in [0.1, 0.15) is 0 Å². The maximum absolute atomic E-state index is 12.7. The molecule has 2 amide bonds. The lowest BCUT2D eigenvalue weighted by Crippen LogP contribution is -2.39. The Balaban J connectivity index is 1.71. The van der Waals surface area contributed by atoms with Gasteiger partial charge in [0.15, 0.2) is 5.78 Å². The summed E-state index contributed by atoms with van der Waals surface area (Å²) in [4.78, 5) is 42.4. The molecule has 1 aliphatic heterocycles. The van der Waals surface area contributed by atoms with Crippen LogP contribution in [0.1, 0.15) is 57.8 Å². The van der Waals surface area contributed by atoms with Crippen molar-refractivity contribution >= 4 is 23.3 Å². The number of pyridine rings is 1. The van der Waals surface area contributed by atoms with Crippen LogP contribution in [0.15, 0.2) is 42.7 Å². The quantitative estimate of drug-likeness (QED) is 0.842. The highest BCUT2D eigenvalue weighted by Gasteiger charge is 2.23. The number of piperidine rings is 1. The lowest BCUT2D eigenvalue weighted by atomic mass is 9.99. The zero-order valence-electron chi connectivity index (χ0n) is 15.6. The van der Waals surface area contributed by atoms with Gasteiger partial charge in [-0.3, -0.25) is 19.4 Å². The number of likely N-dealkylation sites (tertiary alicyclic amines) is 1. The summed E-state index contributed by atoms with van der Waals surface area (Å²) < 4.78 is 0. The van der Waals surface area contributed by atoms with E-state index in [0.29, 0.717) is 28.3 Å². The molecular formula is C21H23N3O3. The van der Waals surface area contributed by atoms with Crippen molar-refractivity contribution in [2.24, 2.45) is 5.92 Å². The van der Waals surface area contributed by atoms with Gasteiger partial charge in [-0.25, -0.2) is 0 Å². The number of rotatable bonds is 4. The lowest BCUT2D eigenvalue weighted by Gasteiger charge is -2.30. The number of carbonyl (C=O) groups excluding carboxylic acids is 3. The van der Waals surface area contributed by atoms with Crippen molar-refractivity contribution in [2.45, 2.75) is 26.7 Å². The van der Waals surface area contributed by atoms with Crippen molar-refractivity contribution in [1.82, 2.24) is 9.88 Å². The van der Waals surface area contributed by atoms with Crippen molar-refractivity contribution in [1.29, 1.82) is 0 Å². The Kier molecular flexibility index (Phi) is 5.64. The monoisotopic (exact) mass is 365 g/mol. The van der Waals surface area contributed by atoms with E-state index in [1.54, 1.807) is 30.3 Å². The van der Waals surface area contributed by atoms with Crippen molar-refractivity contribution in [3.63, 3.8) is 0 Å². The Labute approximate surface area is 158 Å². The third-order valence-electron chi connectivity index (χ3n) is 4.74. The number of hydrogen-bond donors (Lipinski definition) is 1. The molecule has 2 aromatic rings. The predicted octanol–water partition coefficient (Wildman–Crippen LogP) is 3.41. The third kappa shape index (κ3) is 4.58. The molecule has 1 N–H and O–H groups in total. The molecular weight excluding hydrogens is 342 g/mol. The molecule has 1 aromatic carbocycles. The molecule has 0 radical (unpaired) electrons. The van der Waals surface area contributed by atoms with Gasteiger partial charge in [0.25, 0.3) is 11.8 Å². The smallest absolute Gasteiger partial charge is 0.257 e. The number of nitrogens with zero attached hydrogens (tertiary/aromatic N) is 2. The van der Waals surface area contributed by atoms with Crippen molar-refractivity contribution in [2.75, 3.05) is 18.4 Å². The van der Waals surface area contributed by atoms with E-state index in [1.165, 1.54) is 19.3 Å². The molecule has 1 aliphatic rings. The van der Waals surface area contributed by atoms with E-state index in [1.807, 2.05) is 4.90 Å². The summed E-state index contributed by atoms with van der Waals surface area (Å²) in [6, 6.07) is 8.24. The van der Waals surface area contributed by atoms with Crippen LogP contribution in [0.4, 0.5) is 5.69 Å². The number of Topliss-reactive ketones (excluding diaryl/α,β-unsaturated/α-hetero) is 1. The summed E-state index contributed by atoms with van der Waals surface area (Å²) in [5.74, 6) is 0.0182. The number of amides is 2. The molecule has 27 heavy (non-hydrogen) atoms. The molecule has 0 aliphatic carbocycles. The highest BCUT2D eigenvalue weighted by Crippen LogP contribution is 2.18. The van der Waals surface area contributed by atoms with Crippen LogP contribution in [0.3, 0.4) is 0 Å². The van der Waals surface area contributed by atoms with Crippen LogP contribution in [0.5, 0.6) is 0 Å². The summed E-state index contributed by atoms with van der Waals surface area (Å²) in [5.41, 5.74) is 1.90. The molecule has 140 valence electrons. The Morgan fingerprint density at radius 3 is 2.44 bits per heavy atom. The second kappa shape index (κ2) is 8.12. The van der Waals surface area contributed by atoms with Gasteiger partial charge in [0, 0.05) is 36.7 Å². The Morgan fingerprint density at radius 2 is 1.78 bits per heavy atom. The van der Waals surface area contributed by atoms with Crippen molar-refractivity contribution in [3.05, 3.63) is 59.4 Å². The summed E-state index contributed by atoms with van der Waals surface area (Å²) in [7, 11) is 0. The minimum atomic E-state index is -0.347. The maximum atomic E-state index is 12.7. The van der Waals surface area contributed by atoms with Crippen molar-refractivity contribution in [3.8, 4) is 0 Å². The fourth-order valence-electron chi connectivity index (χ4n) is 3.23. The standard InChI is InChI=1S/C21H23N3O3/c1-14-4-3-9-24(13-14)21(27)18-10-17(11-22-12-18)20(26)23-19-7-5-16(6-8-19)15(2)25/h5-8,10-12,14H,3-4,9,13H2,1-2H3,(H,23,26). The van der Waals surface area contributed by atoms with Gasteiger partial charge in [0.2, 0.25) is 0 Å². The number of hydrogen-bond acceptors (Lipinski definition) is 4. The molecule has 1 aromatic heterocycles. The van der Waals surface area contributed by atoms with E-state index >= 15 is 0 Å².